The van der Waals surface area contributed by atoms with Crippen LogP contribution in [0.5, 0.6) is 5.75 Å². The van der Waals surface area contributed by atoms with Gasteiger partial charge in [0.2, 0.25) is 0 Å². The molecule has 3 aliphatic rings. The van der Waals surface area contributed by atoms with Gasteiger partial charge in [0.15, 0.2) is 17.4 Å². The largest absolute Gasteiger partial charge is 0.573 e. The predicted molar refractivity (Wildman–Crippen MR) is 163 cm³/mol. The Hall–Kier alpha value is -3.91. The van der Waals surface area contributed by atoms with Crippen molar-refractivity contribution in [1.29, 1.82) is 0 Å². The van der Waals surface area contributed by atoms with Gasteiger partial charge in [0, 0.05) is 55.3 Å². The minimum atomic E-state index is -5.24. The number of carbonyl (C=O) groups is 1. The molecule has 2 aliphatic carbocycles. The van der Waals surface area contributed by atoms with Gasteiger partial charge < -0.3 is 34.1 Å². The van der Waals surface area contributed by atoms with Crippen molar-refractivity contribution < 1.29 is 45.7 Å². The fourth-order valence-corrected chi connectivity index (χ4v) is 6.67. The Bertz CT molecular complexity index is 1700. The van der Waals surface area contributed by atoms with Crippen molar-refractivity contribution in [2.75, 3.05) is 39.1 Å². The molecule has 6 rings (SSSR count). The van der Waals surface area contributed by atoms with E-state index in [4.69, 9.17) is 19.9 Å². The van der Waals surface area contributed by atoms with E-state index in [2.05, 4.69) is 9.72 Å². The van der Waals surface area contributed by atoms with Crippen LogP contribution < -0.4 is 10.5 Å². The standard InChI is InChI=1S/C33H37F5N4O5/c1-32(2,3)47-31(43)41-14-21-22(15-41)25(21)26-20-13-40-28(19-11-17(39)12-23(34)30(19)46-33(36,37)38)27(35)29(20)42(18-7-8-18)24(26)16-45-10-6-5-9-44-4/h5-6,11-13,18,21-22,25H,7-10,14-16,39H2,1-4H3/b6-5+. The number of ether oxygens (including phenoxy) is 4. The number of likely N-dealkylation sites (tertiary alicyclic amines) is 1. The molecule has 2 N–H and O–H groups in total. The summed E-state index contributed by atoms with van der Waals surface area (Å²) in [6, 6.07) is 1.62. The molecule has 2 atom stereocenters. The molecular formula is C33H37F5N4O5. The number of nitrogen functional groups attached to an aromatic ring is 1. The van der Waals surface area contributed by atoms with Crippen LogP contribution in [0.4, 0.5) is 32.4 Å². The van der Waals surface area contributed by atoms with Gasteiger partial charge in [-0.05, 0) is 63.0 Å². The third-order valence-electron chi connectivity index (χ3n) is 8.64. The average molecular weight is 665 g/mol. The maximum Gasteiger partial charge on any atom is 0.573 e. The van der Waals surface area contributed by atoms with Crippen molar-refractivity contribution in [2.24, 2.45) is 11.8 Å². The maximum atomic E-state index is 16.8. The first kappa shape index (κ1) is 33.0. The number of methoxy groups -OCH3 is 1. The van der Waals surface area contributed by atoms with Gasteiger partial charge in [0.1, 0.15) is 11.3 Å². The highest BCUT2D eigenvalue weighted by Gasteiger charge is 2.59. The highest BCUT2D eigenvalue weighted by molar-refractivity contribution is 5.91. The van der Waals surface area contributed by atoms with E-state index in [1.807, 2.05) is 16.7 Å². The fourth-order valence-electron chi connectivity index (χ4n) is 6.67. The van der Waals surface area contributed by atoms with E-state index in [9.17, 15) is 22.4 Å². The number of benzene rings is 1. The summed E-state index contributed by atoms with van der Waals surface area (Å²) in [6.07, 6.45) is 0.943. The van der Waals surface area contributed by atoms with Crippen molar-refractivity contribution >= 4 is 22.7 Å². The number of carbonyl (C=O) groups excluding carboxylic acids is 1. The lowest BCUT2D eigenvalue weighted by atomic mass is 10.0. The number of anilines is 1. The normalized spacial score (nSPS) is 21.1. The Labute approximate surface area is 268 Å². The molecular weight excluding hydrogens is 627 g/mol. The lowest BCUT2D eigenvalue weighted by Crippen LogP contribution is -2.36. The molecule has 9 nitrogen and oxygen atoms in total. The molecule has 2 unspecified atom stereocenters. The zero-order valence-electron chi connectivity index (χ0n) is 26.5. The first-order valence-electron chi connectivity index (χ1n) is 15.4. The van der Waals surface area contributed by atoms with E-state index in [0.29, 0.717) is 31.1 Å². The van der Waals surface area contributed by atoms with Crippen LogP contribution in [-0.2, 0) is 20.8 Å². The number of nitrogens with zero attached hydrogens (tertiary/aromatic N) is 3. The van der Waals surface area contributed by atoms with Crippen LogP contribution in [-0.4, -0.2) is 65.9 Å². The summed E-state index contributed by atoms with van der Waals surface area (Å²) in [4.78, 5) is 18.7. The Morgan fingerprint density at radius 2 is 1.77 bits per heavy atom. The summed E-state index contributed by atoms with van der Waals surface area (Å²) >= 11 is 0. The third-order valence-corrected chi connectivity index (χ3v) is 8.64. The van der Waals surface area contributed by atoms with Gasteiger partial charge in [-0.1, -0.05) is 12.2 Å². The molecule has 254 valence electrons. The Morgan fingerprint density at radius 3 is 2.38 bits per heavy atom. The number of hydrogen-bond acceptors (Lipinski definition) is 7. The fraction of sp³-hybridized carbons (Fsp3) is 0.515. The van der Waals surface area contributed by atoms with Crippen LogP contribution >= 0.6 is 0 Å². The number of hydrogen-bond donors (Lipinski definition) is 1. The first-order valence-corrected chi connectivity index (χ1v) is 15.4. The molecule has 47 heavy (non-hydrogen) atoms. The van der Waals surface area contributed by atoms with Gasteiger partial charge in [-0.25, -0.2) is 13.6 Å². The zero-order valence-corrected chi connectivity index (χ0v) is 26.5. The van der Waals surface area contributed by atoms with Gasteiger partial charge >= 0.3 is 12.5 Å². The highest BCUT2D eigenvalue weighted by atomic mass is 19.4. The van der Waals surface area contributed by atoms with Crippen LogP contribution in [0.15, 0.2) is 30.5 Å². The second-order valence-electron chi connectivity index (χ2n) is 13.3. The molecule has 0 bridgehead atoms. The summed E-state index contributed by atoms with van der Waals surface area (Å²) < 4.78 is 93.9. The number of halogens is 5. The van der Waals surface area contributed by atoms with Gasteiger partial charge in [0.25, 0.3) is 0 Å². The second-order valence-corrected chi connectivity index (χ2v) is 13.3. The van der Waals surface area contributed by atoms with E-state index in [0.717, 1.165) is 30.2 Å². The topological polar surface area (TPSA) is 101 Å². The lowest BCUT2D eigenvalue weighted by Gasteiger charge is -2.26. The van der Waals surface area contributed by atoms with Crippen molar-refractivity contribution in [1.82, 2.24) is 14.5 Å². The summed E-state index contributed by atoms with van der Waals surface area (Å²) in [5.41, 5.74) is 5.58. The van der Waals surface area contributed by atoms with Crippen LogP contribution in [0.2, 0.25) is 0 Å². The smallest absolute Gasteiger partial charge is 0.444 e. The summed E-state index contributed by atoms with van der Waals surface area (Å²) in [7, 11) is 1.58. The van der Waals surface area contributed by atoms with Crippen molar-refractivity contribution in [2.45, 2.75) is 64.1 Å². The third kappa shape index (κ3) is 6.75. The lowest BCUT2D eigenvalue weighted by molar-refractivity contribution is -0.275. The van der Waals surface area contributed by atoms with Gasteiger partial charge in [-0.2, -0.15) is 0 Å². The molecule has 3 heterocycles. The Morgan fingerprint density at radius 1 is 1.09 bits per heavy atom. The van der Waals surface area contributed by atoms with Crippen LogP contribution in [0.1, 0.15) is 56.8 Å². The molecule has 14 heteroatoms. The number of piperidine rings is 1. The number of alkyl halides is 3. The predicted octanol–water partition coefficient (Wildman–Crippen LogP) is 7.10. The van der Waals surface area contributed by atoms with Crippen molar-refractivity contribution in [3.05, 3.63) is 53.4 Å². The van der Waals surface area contributed by atoms with Crippen molar-refractivity contribution in [3.8, 4) is 17.0 Å². The van der Waals surface area contributed by atoms with Crippen LogP contribution in [0, 0.1) is 23.5 Å². The second kappa shape index (κ2) is 12.3. The quantitative estimate of drug-likeness (QED) is 0.107. The summed E-state index contributed by atoms with van der Waals surface area (Å²) in [5, 5.41) is 0.498. The number of amides is 1. The number of aromatic nitrogens is 2. The van der Waals surface area contributed by atoms with Crippen molar-refractivity contribution in [3.63, 3.8) is 0 Å². The van der Waals surface area contributed by atoms with E-state index in [1.54, 1.807) is 32.8 Å². The molecule has 1 saturated heterocycles. The molecule has 0 spiro atoms. The summed E-state index contributed by atoms with van der Waals surface area (Å²) in [6.45, 7) is 7.17. The molecule has 1 aliphatic heterocycles. The van der Waals surface area contributed by atoms with E-state index in [1.165, 1.54) is 6.20 Å². The molecule has 3 fully saturated rings. The van der Waals surface area contributed by atoms with E-state index >= 15 is 4.39 Å². The molecule has 1 aromatic carbocycles. The number of pyridine rings is 1. The molecule has 2 aromatic heterocycles. The average Bonchev–Trinajstić information content (AvgIpc) is 3.85. The number of nitrogens with two attached hydrogens (primary N) is 1. The number of fused-ring (bicyclic) bond motifs is 2. The minimum Gasteiger partial charge on any atom is -0.444 e. The van der Waals surface area contributed by atoms with E-state index < -0.39 is 40.6 Å². The van der Waals surface area contributed by atoms with Gasteiger partial charge in [0.05, 0.1) is 30.9 Å². The van der Waals surface area contributed by atoms with E-state index in [-0.39, 0.29) is 54.3 Å². The van der Waals surface area contributed by atoms with Gasteiger partial charge in [-0.15, -0.1) is 13.2 Å². The SMILES string of the molecule is COC/C=C/COCc1c(C2C3CN(C(=O)OC(C)(C)C)CC32)c2cnc(-c3cc(N)cc(F)c3OC(F)(F)F)c(F)c2n1C1CC1. The van der Waals surface area contributed by atoms with Gasteiger partial charge in [-0.3, -0.25) is 4.98 Å². The molecule has 3 aromatic rings. The highest BCUT2D eigenvalue weighted by Crippen LogP contribution is 2.61. The first-order chi connectivity index (χ1) is 22.2. The molecule has 0 radical (unpaired) electrons. The summed E-state index contributed by atoms with van der Waals surface area (Å²) in [5.74, 6) is -3.36. The maximum absolute atomic E-state index is 16.8. The molecule has 2 saturated carbocycles. The Balaban J connectivity index is 1.43. The molecule has 1 amide bonds. The van der Waals surface area contributed by atoms with Crippen LogP contribution in [0.25, 0.3) is 22.2 Å². The Kier molecular flexibility index (Phi) is 8.62. The monoisotopic (exact) mass is 664 g/mol. The number of rotatable bonds is 10. The zero-order chi connectivity index (χ0) is 33.8. The van der Waals surface area contributed by atoms with Crippen LogP contribution in [0.3, 0.4) is 0 Å². The minimum absolute atomic E-state index is 0.0280.